The Morgan fingerprint density at radius 1 is 1.33 bits per heavy atom. The molecule has 2 heterocycles. The van der Waals surface area contributed by atoms with Crippen LogP contribution in [0.3, 0.4) is 0 Å². The van der Waals surface area contributed by atoms with Gasteiger partial charge in [-0.05, 0) is 48.6 Å². The van der Waals surface area contributed by atoms with Crippen LogP contribution in [0, 0.1) is 0 Å². The molecule has 6 heteroatoms. The summed E-state index contributed by atoms with van der Waals surface area (Å²) < 4.78 is 0. The maximum absolute atomic E-state index is 12.3. The highest BCUT2D eigenvalue weighted by Crippen LogP contribution is 2.24. The third kappa shape index (κ3) is 3.66. The molecule has 0 spiro atoms. The average Bonchev–Trinajstić information content (AvgIpc) is 3.07. The third-order valence-corrected chi connectivity index (χ3v) is 5.45. The molecule has 0 saturated heterocycles. The second-order valence-corrected chi connectivity index (χ2v) is 7.09. The maximum Gasteiger partial charge on any atom is 0.251 e. The average molecular weight is 343 g/mol. The summed E-state index contributed by atoms with van der Waals surface area (Å²) in [6, 6.07) is 8.93. The Balaban J connectivity index is 1.56. The van der Waals surface area contributed by atoms with Crippen LogP contribution in [0.25, 0.3) is 0 Å². The third-order valence-electron chi connectivity index (χ3n) is 4.43. The van der Waals surface area contributed by atoms with Crippen LogP contribution in [0.5, 0.6) is 0 Å². The van der Waals surface area contributed by atoms with Crippen LogP contribution in [-0.4, -0.2) is 35.8 Å². The lowest BCUT2D eigenvalue weighted by atomic mass is 10.1. The summed E-state index contributed by atoms with van der Waals surface area (Å²) in [4.78, 5) is 27.4. The summed E-state index contributed by atoms with van der Waals surface area (Å²) in [7, 11) is 0. The summed E-state index contributed by atoms with van der Waals surface area (Å²) in [6.07, 6.45) is 1.08. The number of nitrogens with zero attached hydrogens (tertiary/aromatic N) is 1. The van der Waals surface area contributed by atoms with Crippen molar-refractivity contribution in [1.82, 2.24) is 10.2 Å². The number of carbonyl (C=O) groups excluding carboxylic acids is 2. The molecule has 2 aromatic rings. The monoisotopic (exact) mass is 343 g/mol. The van der Waals surface area contributed by atoms with Crippen molar-refractivity contribution >= 4 is 23.2 Å². The summed E-state index contributed by atoms with van der Waals surface area (Å²) in [5.41, 5.74) is 7.46. The number of amides is 2. The van der Waals surface area contributed by atoms with Crippen molar-refractivity contribution < 1.29 is 9.59 Å². The van der Waals surface area contributed by atoms with Crippen LogP contribution in [-0.2, 0) is 13.0 Å². The standard InChI is InChI=1S/C18H21N3O2S/c1-12(21-7-5-16-15(11-21)6-8-24-16)10-20-18(23)14-4-2-3-13(9-14)17(19)22/h2-4,6,8-9,12H,5,7,10-11H2,1H3,(H2,19,22)(H,20,23)/t12-/m1/s1. The number of rotatable bonds is 5. The number of hydrogen-bond acceptors (Lipinski definition) is 4. The molecule has 24 heavy (non-hydrogen) atoms. The molecule has 0 fully saturated rings. The van der Waals surface area contributed by atoms with Crippen LogP contribution in [0.2, 0.25) is 0 Å². The van der Waals surface area contributed by atoms with E-state index >= 15 is 0 Å². The van der Waals surface area contributed by atoms with Crippen molar-refractivity contribution in [2.75, 3.05) is 13.1 Å². The molecule has 1 aliphatic rings. The van der Waals surface area contributed by atoms with Gasteiger partial charge < -0.3 is 11.1 Å². The molecule has 1 aliphatic heterocycles. The minimum atomic E-state index is -0.530. The molecule has 1 atom stereocenters. The van der Waals surface area contributed by atoms with Gasteiger partial charge in [-0.1, -0.05) is 6.07 Å². The Bertz CT molecular complexity index is 756. The molecule has 0 bridgehead atoms. The van der Waals surface area contributed by atoms with Gasteiger partial charge in [-0.2, -0.15) is 0 Å². The molecular formula is C18H21N3O2S. The fourth-order valence-corrected chi connectivity index (χ4v) is 3.82. The predicted molar refractivity (Wildman–Crippen MR) is 95.2 cm³/mol. The minimum absolute atomic E-state index is 0.182. The van der Waals surface area contributed by atoms with Crippen molar-refractivity contribution in [1.29, 1.82) is 0 Å². The highest BCUT2D eigenvalue weighted by Gasteiger charge is 2.21. The lowest BCUT2D eigenvalue weighted by molar-refractivity contribution is 0.0932. The number of primary amides is 1. The molecule has 2 amide bonds. The van der Waals surface area contributed by atoms with E-state index in [2.05, 4.69) is 28.6 Å². The van der Waals surface area contributed by atoms with Crippen LogP contribution in [0.15, 0.2) is 35.7 Å². The molecule has 0 aliphatic carbocycles. The zero-order valence-corrected chi connectivity index (χ0v) is 14.4. The van der Waals surface area contributed by atoms with Crippen molar-refractivity contribution in [3.63, 3.8) is 0 Å². The molecule has 1 aromatic carbocycles. The van der Waals surface area contributed by atoms with Gasteiger partial charge in [-0.3, -0.25) is 14.5 Å². The number of fused-ring (bicyclic) bond motifs is 1. The molecule has 3 rings (SSSR count). The van der Waals surface area contributed by atoms with E-state index < -0.39 is 5.91 Å². The van der Waals surface area contributed by atoms with E-state index in [9.17, 15) is 9.59 Å². The smallest absolute Gasteiger partial charge is 0.251 e. The minimum Gasteiger partial charge on any atom is -0.366 e. The first kappa shape index (κ1) is 16.7. The van der Waals surface area contributed by atoms with E-state index in [4.69, 9.17) is 5.73 Å². The van der Waals surface area contributed by atoms with Gasteiger partial charge in [0.05, 0.1) is 0 Å². The van der Waals surface area contributed by atoms with E-state index in [1.807, 2.05) is 11.3 Å². The van der Waals surface area contributed by atoms with Crippen LogP contribution >= 0.6 is 11.3 Å². The molecule has 0 saturated carbocycles. The van der Waals surface area contributed by atoms with E-state index in [0.29, 0.717) is 17.7 Å². The second-order valence-electron chi connectivity index (χ2n) is 6.09. The molecule has 1 aromatic heterocycles. The van der Waals surface area contributed by atoms with Crippen LogP contribution < -0.4 is 11.1 Å². The number of hydrogen-bond donors (Lipinski definition) is 2. The van der Waals surface area contributed by atoms with Gasteiger partial charge in [0, 0.05) is 41.7 Å². The SMILES string of the molecule is C[C@H](CNC(=O)c1cccc(C(N)=O)c1)N1CCc2sccc2C1. The maximum atomic E-state index is 12.3. The summed E-state index contributed by atoms with van der Waals surface area (Å²) >= 11 is 1.82. The van der Waals surface area contributed by atoms with Crippen LogP contribution in [0.1, 0.15) is 38.1 Å². The largest absolute Gasteiger partial charge is 0.366 e. The van der Waals surface area contributed by atoms with Gasteiger partial charge >= 0.3 is 0 Å². The normalized spacial score (nSPS) is 15.5. The lowest BCUT2D eigenvalue weighted by Crippen LogP contribution is -2.44. The fourth-order valence-electron chi connectivity index (χ4n) is 2.93. The number of nitrogens with one attached hydrogen (secondary N) is 1. The number of carbonyl (C=O) groups is 2. The zero-order valence-electron chi connectivity index (χ0n) is 13.6. The van der Waals surface area contributed by atoms with E-state index in [1.165, 1.54) is 16.5 Å². The Morgan fingerprint density at radius 2 is 2.12 bits per heavy atom. The van der Waals surface area contributed by atoms with E-state index in [0.717, 1.165) is 19.5 Å². The first-order chi connectivity index (χ1) is 11.5. The Hall–Kier alpha value is -2.18. The first-order valence-electron chi connectivity index (χ1n) is 8.02. The number of benzene rings is 1. The highest BCUT2D eigenvalue weighted by molar-refractivity contribution is 7.10. The van der Waals surface area contributed by atoms with Crippen molar-refractivity contribution in [3.8, 4) is 0 Å². The van der Waals surface area contributed by atoms with Gasteiger partial charge in [0.15, 0.2) is 0 Å². The van der Waals surface area contributed by atoms with E-state index in [-0.39, 0.29) is 11.9 Å². The highest BCUT2D eigenvalue weighted by atomic mass is 32.1. The number of nitrogens with two attached hydrogens (primary N) is 1. The summed E-state index contributed by atoms with van der Waals surface area (Å²) in [5, 5.41) is 5.10. The van der Waals surface area contributed by atoms with Gasteiger partial charge in [0.25, 0.3) is 5.91 Å². The quantitative estimate of drug-likeness (QED) is 0.872. The summed E-state index contributed by atoms with van der Waals surface area (Å²) in [5.74, 6) is -0.712. The van der Waals surface area contributed by atoms with Gasteiger partial charge in [-0.15, -0.1) is 11.3 Å². The topological polar surface area (TPSA) is 75.4 Å². The van der Waals surface area contributed by atoms with E-state index in [1.54, 1.807) is 18.2 Å². The molecule has 5 nitrogen and oxygen atoms in total. The molecule has 0 unspecified atom stereocenters. The first-order valence-corrected chi connectivity index (χ1v) is 8.90. The fraction of sp³-hybridized carbons (Fsp3) is 0.333. The summed E-state index contributed by atoms with van der Waals surface area (Å²) in [6.45, 7) is 4.64. The molecular weight excluding hydrogens is 322 g/mol. The van der Waals surface area contributed by atoms with Crippen molar-refractivity contribution in [2.45, 2.75) is 25.9 Å². The molecule has 3 N–H and O–H groups in total. The Morgan fingerprint density at radius 3 is 2.92 bits per heavy atom. The van der Waals surface area contributed by atoms with Gasteiger partial charge in [-0.25, -0.2) is 0 Å². The van der Waals surface area contributed by atoms with Gasteiger partial charge in [0.1, 0.15) is 0 Å². The second kappa shape index (κ2) is 7.15. The van der Waals surface area contributed by atoms with Crippen molar-refractivity contribution in [2.24, 2.45) is 5.73 Å². The van der Waals surface area contributed by atoms with Crippen LogP contribution in [0.4, 0.5) is 0 Å². The Kier molecular flexibility index (Phi) is 4.97. The van der Waals surface area contributed by atoms with Crippen molar-refractivity contribution in [3.05, 3.63) is 57.3 Å². The van der Waals surface area contributed by atoms with Gasteiger partial charge in [0.2, 0.25) is 5.91 Å². The molecule has 126 valence electrons. The lowest BCUT2D eigenvalue weighted by Gasteiger charge is -2.32. The Labute approximate surface area is 145 Å². The molecule has 0 radical (unpaired) electrons. The predicted octanol–water partition coefficient (Wildman–Crippen LogP) is 2.02. The number of thiophene rings is 1. The zero-order chi connectivity index (χ0) is 17.1.